The molecule has 0 radical (unpaired) electrons. The average molecular weight is 404 g/mol. The number of alkyl halides is 3. The Hall–Kier alpha value is -2.61. The van der Waals surface area contributed by atoms with Crippen LogP contribution in [0.1, 0.15) is 48.1 Å². The van der Waals surface area contributed by atoms with Crippen LogP contribution in [-0.2, 0) is 19.8 Å². The number of halogens is 3. The number of imidazole rings is 1. The lowest BCUT2D eigenvalue weighted by molar-refractivity contribution is -0.137. The molecule has 5 nitrogen and oxygen atoms in total. The van der Waals surface area contributed by atoms with Crippen molar-refractivity contribution in [3.8, 4) is 11.5 Å². The van der Waals surface area contributed by atoms with Crippen LogP contribution in [-0.4, -0.2) is 26.0 Å². The molecule has 3 heterocycles. The largest absolute Gasteiger partial charge is 0.441 e. The van der Waals surface area contributed by atoms with E-state index in [9.17, 15) is 13.2 Å². The van der Waals surface area contributed by atoms with Gasteiger partial charge in [0, 0.05) is 31.5 Å². The van der Waals surface area contributed by atoms with E-state index in [-0.39, 0.29) is 6.04 Å². The number of hydrogen-bond donors (Lipinski definition) is 0. The highest BCUT2D eigenvalue weighted by molar-refractivity contribution is 5.54. The van der Waals surface area contributed by atoms with E-state index in [4.69, 9.17) is 4.42 Å². The second-order valence-corrected chi connectivity index (χ2v) is 7.48. The summed E-state index contributed by atoms with van der Waals surface area (Å²) in [5.74, 6) is 2.06. The number of piperidine rings is 1. The number of aryl methyl sites for hydroxylation is 2. The summed E-state index contributed by atoms with van der Waals surface area (Å²) in [6.45, 7) is 3.41. The fraction of sp³-hybridized carbons (Fsp3) is 0.429. The van der Waals surface area contributed by atoms with Crippen LogP contribution in [0.25, 0.3) is 11.5 Å². The third kappa shape index (κ3) is 4.07. The SMILES string of the molecule is Cc1oc(-c2ccc(C(F)(F)F)cc2)nc1CN1CCCC[C@@H]1c1nccn1C. The van der Waals surface area contributed by atoms with Gasteiger partial charge in [0.05, 0.1) is 17.3 Å². The van der Waals surface area contributed by atoms with Gasteiger partial charge in [-0.2, -0.15) is 13.2 Å². The lowest BCUT2D eigenvalue weighted by Crippen LogP contribution is -2.34. The molecule has 0 aliphatic carbocycles. The number of rotatable bonds is 4. The van der Waals surface area contributed by atoms with Crippen LogP contribution >= 0.6 is 0 Å². The maximum Gasteiger partial charge on any atom is 0.416 e. The van der Waals surface area contributed by atoms with Gasteiger partial charge in [-0.05, 0) is 50.6 Å². The molecule has 1 fully saturated rings. The quantitative estimate of drug-likeness (QED) is 0.605. The first-order valence-corrected chi connectivity index (χ1v) is 9.68. The van der Waals surface area contributed by atoms with E-state index in [1.165, 1.54) is 12.1 Å². The third-order valence-electron chi connectivity index (χ3n) is 5.47. The van der Waals surface area contributed by atoms with Crippen LogP contribution in [0.5, 0.6) is 0 Å². The van der Waals surface area contributed by atoms with Crippen molar-refractivity contribution in [3.05, 3.63) is 59.5 Å². The highest BCUT2D eigenvalue weighted by Crippen LogP contribution is 2.33. The normalized spacial score (nSPS) is 18.3. The predicted molar refractivity (Wildman–Crippen MR) is 102 cm³/mol. The smallest absolute Gasteiger partial charge is 0.416 e. The van der Waals surface area contributed by atoms with E-state index in [2.05, 4.69) is 14.9 Å². The first-order valence-electron chi connectivity index (χ1n) is 9.68. The molecule has 4 rings (SSSR count). The molecule has 0 bridgehead atoms. The van der Waals surface area contributed by atoms with Gasteiger partial charge in [-0.3, -0.25) is 4.90 Å². The van der Waals surface area contributed by atoms with E-state index in [0.29, 0.717) is 23.8 Å². The monoisotopic (exact) mass is 404 g/mol. The molecule has 0 amide bonds. The maximum atomic E-state index is 12.8. The van der Waals surface area contributed by atoms with Crippen LogP contribution in [0.15, 0.2) is 41.1 Å². The molecule has 1 saturated heterocycles. The lowest BCUT2D eigenvalue weighted by atomic mass is 10.0. The van der Waals surface area contributed by atoms with Crippen molar-refractivity contribution in [1.82, 2.24) is 19.4 Å². The molecule has 2 aromatic heterocycles. The minimum Gasteiger partial charge on any atom is -0.441 e. The second kappa shape index (κ2) is 7.67. The van der Waals surface area contributed by atoms with E-state index in [1.54, 1.807) is 0 Å². The van der Waals surface area contributed by atoms with E-state index < -0.39 is 11.7 Å². The molecule has 154 valence electrons. The topological polar surface area (TPSA) is 47.1 Å². The van der Waals surface area contributed by atoms with E-state index in [1.807, 2.05) is 30.9 Å². The number of oxazole rings is 1. The molecular formula is C21H23F3N4O. The van der Waals surface area contributed by atoms with Gasteiger partial charge in [0.25, 0.3) is 0 Å². The van der Waals surface area contributed by atoms with Crippen LogP contribution in [0, 0.1) is 6.92 Å². The van der Waals surface area contributed by atoms with Crippen molar-refractivity contribution >= 4 is 0 Å². The molecule has 1 aromatic carbocycles. The molecule has 0 saturated carbocycles. The summed E-state index contributed by atoms with van der Waals surface area (Å²) in [7, 11) is 2.00. The minimum atomic E-state index is -4.36. The molecule has 3 aromatic rings. The summed E-state index contributed by atoms with van der Waals surface area (Å²) in [6, 6.07) is 5.12. The zero-order valence-corrected chi connectivity index (χ0v) is 16.4. The van der Waals surface area contributed by atoms with E-state index in [0.717, 1.165) is 49.5 Å². The standard InChI is InChI=1S/C21H23F3N4O/c1-14-17(13-28-11-4-3-5-18(28)19-25-10-12-27(19)2)26-20(29-14)15-6-8-16(9-7-15)21(22,23)24/h6-10,12,18H,3-5,11,13H2,1-2H3/t18-/m1/s1. The Kier molecular flexibility index (Phi) is 5.21. The fourth-order valence-electron chi connectivity index (χ4n) is 3.86. The Morgan fingerprint density at radius 3 is 2.59 bits per heavy atom. The van der Waals surface area contributed by atoms with Crippen LogP contribution in [0.4, 0.5) is 13.2 Å². The molecule has 8 heteroatoms. The summed E-state index contributed by atoms with van der Waals surface area (Å²) < 4.78 is 46.2. The Morgan fingerprint density at radius 2 is 1.93 bits per heavy atom. The van der Waals surface area contributed by atoms with Crippen LogP contribution in [0.3, 0.4) is 0 Å². The van der Waals surface area contributed by atoms with Crippen molar-refractivity contribution in [2.24, 2.45) is 7.05 Å². The highest BCUT2D eigenvalue weighted by atomic mass is 19.4. The summed E-state index contributed by atoms with van der Waals surface area (Å²) in [4.78, 5) is 11.5. The maximum absolute atomic E-state index is 12.8. The minimum absolute atomic E-state index is 0.217. The summed E-state index contributed by atoms with van der Waals surface area (Å²) >= 11 is 0. The molecule has 0 spiro atoms. The van der Waals surface area contributed by atoms with E-state index >= 15 is 0 Å². The van der Waals surface area contributed by atoms with Gasteiger partial charge in [-0.15, -0.1) is 0 Å². The molecule has 1 atom stereocenters. The van der Waals surface area contributed by atoms with Gasteiger partial charge in [-0.1, -0.05) is 6.42 Å². The second-order valence-electron chi connectivity index (χ2n) is 7.48. The first kappa shape index (κ1) is 19.7. The number of nitrogens with zero attached hydrogens (tertiary/aromatic N) is 4. The van der Waals surface area contributed by atoms with Crippen molar-refractivity contribution < 1.29 is 17.6 Å². The number of likely N-dealkylation sites (tertiary alicyclic amines) is 1. The van der Waals surface area contributed by atoms with Crippen LogP contribution < -0.4 is 0 Å². The zero-order chi connectivity index (χ0) is 20.6. The van der Waals surface area contributed by atoms with Crippen LogP contribution in [0.2, 0.25) is 0 Å². The lowest BCUT2D eigenvalue weighted by Gasteiger charge is -2.34. The Bertz CT molecular complexity index is 975. The number of aromatic nitrogens is 3. The van der Waals surface area contributed by atoms with Gasteiger partial charge in [0.1, 0.15) is 11.6 Å². The third-order valence-corrected chi connectivity index (χ3v) is 5.47. The predicted octanol–water partition coefficient (Wildman–Crippen LogP) is 5.13. The molecule has 0 N–H and O–H groups in total. The van der Waals surface area contributed by atoms with Crippen molar-refractivity contribution in [2.45, 2.75) is 44.9 Å². The van der Waals surface area contributed by atoms with Gasteiger partial charge in [-0.25, -0.2) is 9.97 Å². The summed E-state index contributed by atoms with van der Waals surface area (Å²) in [6.07, 6.45) is 2.71. The van der Waals surface area contributed by atoms with Crippen molar-refractivity contribution in [3.63, 3.8) is 0 Å². The number of hydrogen-bond acceptors (Lipinski definition) is 4. The highest BCUT2D eigenvalue weighted by Gasteiger charge is 2.31. The molecule has 1 aliphatic rings. The van der Waals surface area contributed by atoms with Gasteiger partial charge < -0.3 is 8.98 Å². The molecule has 29 heavy (non-hydrogen) atoms. The van der Waals surface area contributed by atoms with Crippen molar-refractivity contribution in [2.75, 3.05) is 6.54 Å². The van der Waals surface area contributed by atoms with Gasteiger partial charge in [0.15, 0.2) is 0 Å². The summed E-state index contributed by atoms with van der Waals surface area (Å²) in [5.41, 5.74) is 0.656. The average Bonchev–Trinajstić information content (AvgIpc) is 3.27. The molecule has 1 aliphatic heterocycles. The Labute approximate surface area is 167 Å². The zero-order valence-electron chi connectivity index (χ0n) is 16.4. The van der Waals surface area contributed by atoms with Gasteiger partial charge in [0.2, 0.25) is 5.89 Å². The Morgan fingerprint density at radius 1 is 1.17 bits per heavy atom. The fourth-order valence-corrected chi connectivity index (χ4v) is 3.86. The summed E-state index contributed by atoms with van der Waals surface area (Å²) in [5, 5.41) is 0. The Balaban J connectivity index is 1.55. The molecular weight excluding hydrogens is 381 g/mol. The molecule has 0 unspecified atom stereocenters. The van der Waals surface area contributed by atoms with Crippen molar-refractivity contribution in [1.29, 1.82) is 0 Å². The number of benzene rings is 1. The van der Waals surface area contributed by atoms with Gasteiger partial charge >= 0.3 is 6.18 Å². The first-order chi connectivity index (χ1) is 13.8.